The fraction of sp³-hybridized carbons (Fsp3) is 0.903. The van der Waals surface area contributed by atoms with E-state index in [9.17, 15) is 15.0 Å². The molecule has 4 fully saturated rings. The van der Waals surface area contributed by atoms with Gasteiger partial charge in [-0.25, -0.2) is 0 Å². The molecule has 0 heterocycles. The van der Waals surface area contributed by atoms with Crippen molar-refractivity contribution >= 4 is 5.97 Å². The van der Waals surface area contributed by atoms with E-state index < -0.39 is 5.97 Å². The maximum atomic E-state index is 12.1. The number of carboxylic acids is 1. The van der Waals surface area contributed by atoms with Crippen LogP contribution in [0.3, 0.4) is 0 Å². The molecule has 0 unspecified atom stereocenters. The largest absolute Gasteiger partial charge is 0.481 e. The fourth-order valence-corrected chi connectivity index (χ4v) is 11.2. The molecule has 5 aliphatic rings. The van der Waals surface area contributed by atoms with Gasteiger partial charge in [0.25, 0.3) is 0 Å². The Kier molecular flexibility index (Phi) is 5.38. The quantitative estimate of drug-likeness (QED) is 0.411. The summed E-state index contributed by atoms with van der Waals surface area (Å²) in [6.07, 6.45) is 15.2. The third kappa shape index (κ3) is 3.13. The lowest BCUT2D eigenvalue weighted by Gasteiger charge is -2.73. The molecule has 0 aromatic heterocycles. The standard InChI is InChI=1S/C31H50O3/c1-26(2)14-16-31(19-25(33)34)17-15-29(6)20(21(31)18-26)8-9-23-28(5)12-11-24(32)27(3,4)22(28)10-13-30(23,29)7/h11-12,20-24,32H,8-10,13-19H2,1-7H3,(H,33,34)/t20-,21+,22+,23-,24+,28+,29-,30-,31-/m1/s1. The van der Waals surface area contributed by atoms with Gasteiger partial charge < -0.3 is 10.2 Å². The average molecular weight is 471 g/mol. The molecule has 2 N–H and O–H groups in total. The molecule has 192 valence electrons. The van der Waals surface area contributed by atoms with Crippen molar-refractivity contribution in [1.82, 2.24) is 0 Å². The summed E-state index contributed by atoms with van der Waals surface area (Å²) in [5, 5.41) is 20.8. The lowest BCUT2D eigenvalue weighted by molar-refractivity contribution is -0.235. The second-order valence-electron chi connectivity index (χ2n) is 15.6. The van der Waals surface area contributed by atoms with E-state index in [1.165, 1.54) is 44.9 Å². The topological polar surface area (TPSA) is 57.5 Å². The van der Waals surface area contributed by atoms with Crippen molar-refractivity contribution < 1.29 is 15.0 Å². The van der Waals surface area contributed by atoms with Gasteiger partial charge in [-0.05, 0) is 114 Å². The normalized spacial score (nSPS) is 53.1. The maximum Gasteiger partial charge on any atom is 0.303 e. The van der Waals surface area contributed by atoms with E-state index >= 15 is 0 Å². The Morgan fingerprint density at radius 3 is 2.18 bits per heavy atom. The number of fused-ring (bicyclic) bond motifs is 7. The van der Waals surface area contributed by atoms with E-state index in [-0.39, 0.29) is 33.2 Å². The minimum Gasteiger partial charge on any atom is -0.481 e. The van der Waals surface area contributed by atoms with Crippen LogP contribution in [0.15, 0.2) is 12.2 Å². The molecule has 0 amide bonds. The highest BCUT2D eigenvalue weighted by atomic mass is 16.4. The molecule has 3 nitrogen and oxygen atoms in total. The Morgan fingerprint density at radius 2 is 1.50 bits per heavy atom. The van der Waals surface area contributed by atoms with Gasteiger partial charge in [-0.15, -0.1) is 0 Å². The van der Waals surface area contributed by atoms with Crippen LogP contribution < -0.4 is 0 Å². The van der Waals surface area contributed by atoms with E-state index in [0.29, 0.717) is 35.5 Å². The van der Waals surface area contributed by atoms with Gasteiger partial charge in [0.05, 0.1) is 12.5 Å². The highest BCUT2D eigenvalue weighted by molar-refractivity contribution is 5.68. The molecule has 5 aliphatic carbocycles. The van der Waals surface area contributed by atoms with Crippen molar-refractivity contribution in [2.24, 2.45) is 56.2 Å². The van der Waals surface area contributed by atoms with Crippen LogP contribution in [0.5, 0.6) is 0 Å². The maximum absolute atomic E-state index is 12.1. The molecule has 34 heavy (non-hydrogen) atoms. The first-order chi connectivity index (χ1) is 15.6. The summed E-state index contributed by atoms with van der Waals surface area (Å²) in [4.78, 5) is 12.1. The molecule has 9 atom stereocenters. The Labute approximate surface area is 208 Å². The Hall–Kier alpha value is -0.830. The molecule has 4 saturated carbocycles. The number of rotatable bonds is 2. The first kappa shape index (κ1) is 24.8. The lowest BCUT2D eigenvalue weighted by atomic mass is 9.32. The van der Waals surface area contributed by atoms with Gasteiger partial charge in [-0.3, -0.25) is 4.79 Å². The molecule has 0 radical (unpaired) electrons. The van der Waals surface area contributed by atoms with E-state index in [4.69, 9.17) is 0 Å². The van der Waals surface area contributed by atoms with Crippen molar-refractivity contribution in [3.8, 4) is 0 Å². The van der Waals surface area contributed by atoms with Crippen LogP contribution in [0.25, 0.3) is 0 Å². The lowest BCUT2D eigenvalue weighted by Crippen LogP contribution is -2.66. The summed E-state index contributed by atoms with van der Waals surface area (Å²) in [5.41, 5.74) is 0.897. The van der Waals surface area contributed by atoms with Crippen molar-refractivity contribution in [3.63, 3.8) is 0 Å². The number of aliphatic carboxylic acids is 1. The van der Waals surface area contributed by atoms with E-state index in [1.54, 1.807) is 0 Å². The highest BCUT2D eigenvalue weighted by Crippen LogP contribution is 2.76. The summed E-state index contributed by atoms with van der Waals surface area (Å²) < 4.78 is 0. The first-order valence-electron chi connectivity index (χ1n) is 14.2. The number of aliphatic hydroxyl groups excluding tert-OH is 1. The van der Waals surface area contributed by atoms with Crippen molar-refractivity contribution in [3.05, 3.63) is 12.2 Å². The zero-order chi connectivity index (χ0) is 24.9. The molecular weight excluding hydrogens is 420 g/mol. The fourth-order valence-electron chi connectivity index (χ4n) is 11.2. The third-order valence-electron chi connectivity index (χ3n) is 13.4. The number of hydrogen-bond donors (Lipinski definition) is 2. The second-order valence-corrected chi connectivity index (χ2v) is 15.6. The van der Waals surface area contributed by atoms with Crippen LogP contribution >= 0.6 is 0 Å². The Bertz CT molecular complexity index is 887. The van der Waals surface area contributed by atoms with Gasteiger partial charge in [0, 0.05) is 0 Å². The van der Waals surface area contributed by atoms with E-state index in [0.717, 1.165) is 12.8 Å². The Balaban J connectivity index is 1.55. The molecule has 0 spiro atoms. The summed E-state index contributed by atoms with van der Waals surface area (Å²) in [6.45, 7) is 17.2. The van der Waals surface area contributed by atoms with Crippen LogP contribution in [0.4, 0.5) is 0 Å². The van der Waals surface area contributed by atoms with Gasteiger partial charge in [0.15, 0.2) is 0 Å². The highest BCUT2D eigenvalue weighted by Gasteiger charge is 2.69. The number of allylic oxidation sites excluding steroid dienone is 1. The van der Waals surface area contributed by atoms with E-state index in [1.807, 2.05) is 0 Å². The molecular formula is C31H50O3. The van der Waals surface area contributed by atoms with Gasteiger partial charge in [-0.2, -0.15) is 0 Å². The minimum absolute atomic E-state index is 0.00662. The molecule has 3 heteroatoms. The molecule has 0 aromatic rings. The number of carboxylic acid groups (broad SMARTS) is 1. The van der Waals surface area contributed by atoms with Gasteiger partial charge >= 0.3 is 5.97 Å². The summed E-state index contributed by atoms with van der Waals surface area (Å²) in [5.74, 6) is 1.73. The van der Waals surface area contributed by atoms with Crippen molar-refractivity contribution in [2.45, 2.75) is 119 Å². The number of aliphatic hydroxyl groups is 1. The van der Waals surface area contributed by atoms with Crippen LogP contribution in [0.1, 0.15) is 113 Å². The zero-order valence-electron chi connectivity index (χ0n) is 22.9. The number of hydrogen-bond acceptors (Lipinski definition) is 2. The van der Waals surface area contributed by atoms with Gasteiger partial charge in [0.1, 0.15) is 0 Å². The predicted molar refractivity (Wildman–Crippen MR) is 137 cm³/mol. The zero-order valence-corrected chi connectivity index (χ0v) is 22.9. The molecule has 0 saturated heterocycles. The molecule has 5 rings (SSSR count). The van der Waals surface area contributed by atoms with Gasteiger partial charge in [-0.1, -0.05) is 60.6 Å². The van der Waals surface area contributed by atoms with Crippen LogP contribution in [0.2, 0.25) is 0 Å². The first-order valence-corrected chi connectivity index (χ1v) is 14.2. The Morgan fingerprint density at radius 1 is 0.824 bits per heavy atom. The SMILES string of the molecule is CC1(C)CC[C@]2(CC(=O)O)CC[C@]3(C)[C@H](CC[C@@H]4[C@@]5(C)C=C[C@H](O)C(C)(C)[C@@H]5CC[C@]43C)[C@@H]2C1. The minimum atomic E-state index is -0.589. The number of carbonyl (C=O) groups is 1. The average Bonchev–Trinajstić information content (AvgIpc) is 2.72. The van der Waals surface area contributed by atoms with Crippen molar-refractivity contribution in [1.29, 1.82) is 0 Å². The molecule has 0 bridgehead atoms. The van der Waals surface area contributed by atoms with Gasteiger partial charge in [0.2, 0.25) is 0 Å². The smallest absolute Gasteiger partial charge is 0.303 e. The van der Waals surface area contributed by atoms with Crippen molar-refractivity contribution in [2.75, 3.05) is 0 Å². The summed E-state index contributed by atoms with van der Waals surface area (Å²) in [7, 11) is 0. The van der Waals surface area contributed by atoms with E-state index in [2.05, 4.69) is 60.6 Å². The predicted octanol–water partition coefficient (Wildman–Crippen LogP) is 7.48. The summed E-state index contributed by atoms with van der Waals surface area (Å²) >= 11 is 0. The van der Waals surface area contributed by atoms with Crippen LogP contribution in [-0.2, 0) is 4.79 Å². The summed E-state index contributed by atoms with van der Waals surface area (Å²) in [6, 6.07) is 0. The molecule has 0 aliphatic heterocycles. The van der Waals surface area contributed by atoms with Crippen LogP contribution in [-0.4, -0.2) is 22.3 Å². The second kappa shape index (κ2) is 7.36. The molecule has 0 aromatic carbocycles. The van der Waals surface area contributed by atoms with Crippen LogP contribution in [0, 0.1) is 56.2 Å². The monoisotopic (exact) mass is 470 g/mol. The third-order valence-corrected chi connectivity index (χ3v) is 13.4.